The van der Waals surface area contributed by atoms with E-state index in [9.17, 15) is 4.79 Å². The van der Waals surface area contributed by atoms with E-state index in [4.69, 9.17) is 4.42 Å². The van der Waals surface area contributed by atoms with Crippen LogP contribution in [-0.2, 0) is 11.3 Å². The SMILES string of the molecule is C=CCn1c(SC(C(=O)N(CC)CC)c2ccccc2)nnc1-c1ccco1. The zero-order chi connectivity index (χ0) is 19.9. The molecule has 0 fully saturated rings. The van der Waals surface area contributed by atoms with Gasteiger partial charge in [0.05, 0.1) is 6.26 Å². The molecule has 146 valence electrons. The van der Waals surface area contributed by atoms with Crippen molar-refractivity contribution in [3.05, 3.63) is 66.9 Å². The van der Waals surface area contributed by atoms with E-state index in [2.05, 4.69) is 16.8 Å². The number of carbonyl (C=O) groups excluding carboxylic acids is 1. The predicted octanol–water partition coefficient (Wildman–Crippen LogP) is 4.43. The van der Waals surface area contributed by atoms with E-state index in [0.29, 0.717) is 36.4 Å². The Morgan fingerprint density at radius 3 is 2.57 bits per heavy atom. The van der Waals surface area contributed by atoms with Gasteiger partial charge in [-0.25, -0.2) is 0 Å². The number of nitrogens with zero attached hydrogens (tertiary/aromatic N) is 4. The molecule has 0 N–H and O–H groups in total. The minimum Gasteiger partial charge on any atom is -0.461 e. The highest BCUT2D eigenvalue weighted by Gasteiger charge is 2.28. The summed E-state index contributed by atoms with van der Waals surface area (Å²) in [7, 11) is 0. The summed E-state index contributed by atoms with van der Waals surface area (Å²) in [5.74, 6) is 1.32. The van der Waals surface area contributed by atoms with Gasteiger partial charge >= 0.3 is 0 Å². The van der Waals surface area contributed by atoms with Crippen molar-refractivity contribution in [2.75, 3.05) is 13.1 Å². The molecule has 0 radical (unpaired) electrons. The number of rotatable bonds is 9. The van der Waals surface area contributed by atoms with Gasteiger partial charge in [-0.15, -0.1) is 16.8 Å². The van der Waals surface area contributed by atoms with Gasteiger partial charge in [0.1, 0.15) is 5.25 Å². The van der Waals surface area contributed by atoms with Crippen LogP contribution < -0.4 is 0 Å². The molecule has 2 heterocycles. The normalized spacial score (nSPS) is 11.9. The predicted molar refractivity (Wildman–Crippen MR) is 111 cm³/mol. The molecular weight excluding hydrogens is 372 g/mol. The maximum Gasteiger partial charge on any atom is 0.240 e. The zero-order valence-electron chi connectivity index (χ0n) is 16.1. The number of hydrogen-bond donors (Lipinski definition) is 0. The minimum absolute atomic E-state index is 0.0638. The largest absolute Gasteiger partial charge is 0.461 e. The van der Waals surface area contributed by atoms with E-state index >= 15 is 0 Å². The molecule has 0 saturated carbocycles. The van der Waals surface area contributed by atoms with Gasteiger partial charge in [-0.2, -0.15) is 0 Å². The smallest absolute Gasteiger partial charge is 0.240 e. The minimum atomic E-state index is -0.404. The number of benzene rings is 1. The monoisotopic (exact) mass is 396 g/mol. The van der Waals surface area contributed by atoms with Gasteiger partial charge in [0, 0.05) is 19.6 Å². The summed E-state index contributed by atoms with van der Waals surface area (Å²) in [4.78, 5) is 15.1. The summed E-state index contributed by atoms with van der Waals surface area (Å²) in [5.41, 5.74) is 0.942. The van der Waals surface area contributed by atoms with E-state index in [0.717, 1.165) is 5.56 Å². The Hall–Kier alpha value is -2.80. The van der Waals surface area contributed by atoms with Crippen LogP contribution in [0.5, 0.6) is 0 Å². The van der Waals surface area contributed by atoms with E-state index in [-0.39, 0.29) is 5.91 Å². The lowest BCUT2D eigenvalue weighted by Crippen LogP contribution is -2.34. The first-order chi connectivity index (χ1) is 13.7. The van der Waals surface area contributed by atoms with Gasteiger partial charge in [0.25, 0.3) is 0 Å². The van der Waals surface area contributed by atoms with Crippen LogP contribution in [0.25, 0.3) is 11.6 Å². The first-order valence-electron chi connectivity index (χ1n) is 9.27. The summed E-state index contributed by atoms with van der Waals surface area (Å²) in [6, 6.07) is 13.4. The molecule has 1 amide bonds. The lowest BCUT2D eigenvalue weighted by Gasteiger charge is -2.25. The summed E-state index contributed by atoms with van der Waals surface area (Å²) >= 11 is 1.40. The van der Waals surface area contributed by atoms with Crippen LogP contribution >= 0.6 is 11.8 Å². The highest BCUT2D eigenvalue weighted by Crippen LogP contribution is 2.37. The number of thioether (sulfide) groups is 1. The van der Waals surface area contributed by atoms with Gasteiger partial charge in [0.2, 0.25) is 11.7 Å². The van der Waals surface area contributed by atoms with Crippen molar-refractivity contribution in [3.8, 4) is 11.6 Å². The zero-order valence-corrected chi connectivity index (χ0v) is 16.9. The molecule has 1 aromatic carbocycles. The summed E-state index contributed by atoms with van der Waals surface area (Å²) < 4.78 is 7.41. The molecule has 3 rings (SSSR count). The number of likely N-dealkylation sites (N-methyl/N-ethyl adjacent to an activating group) is 1. The van der Waals surface area contributed by atoms with Gasteiger partial charge in [-0.3, -0.25) is 9.36 Å². The molecule has 6 nitrogen and oxygen atoms in total. The Bertz CT molecular complexity index is 902. The molecule has 1 atom stereocenters. The summed E-state index contributed by atoms with van der Waals surface area (Å²) in [6.45, 7) is 9.66. The van der Waals surface area contributed by atoms with Gasteiger partial charge < -0.3 is 9.32 Å². The Balaban J connectivity index is 1.99. The standard InChI is InChI=1S/C21H24N4O2S/c1-4-14-25-19(17-13-10-15-27-17)22-23-21(25)28-18(16-11-8-7-9-12-16)20(26)24(5-2)6-3/h4,7-13,15,18H,1,5-6,14H2,2-3H3. The third-order valence-corrected chi connectivity index (χ3v) is 5.62. The van der Waals surface area contributed by atoms with Gasteiger partial charge in [-0.05, 0) is 31.5 Å². The quantitative estimate of drug-likeness (QED) is 0.396. The van der Waals surface area contributed by atoms with Crippen LogP contribution in [0.4, 0.5) is 0 Å². The van der Waals surface area contributed by atoms with Crippen molar-refractivity contribution in [2.24, 2.45) is 0 Å². The molecule has 3 aromatic rings. The van der Waals surface area contributed by atoms with E-state index in [1.807, 2.05) is 65.8 Å². The number of amides is 1. The van der Waals surface area contributed by atoms with Crippen molar-refractivity contribution in [3.63, 3.8) is 0 Å². The van der Waals surface area contributed by atoms with Gasteiger partial charge in [-0.1, -0.05) is 48.2 Å². The number of carbonyl (C=O) groups is 1. The van der Waals surface area contributed by atoms with Crippen molar-refractivity contribution in [2.45, 2.75) is 30.8 Å². The molecule has 7 heteroatoms. The second-order valence-corrected chi connectivity index (χ2v) is 7.17. The van der Waals surface area contributed by atoms with Crippen LogP contribution in [0.15, 0.2) is 71.0 Å². The third-order valence-electron chi connectivity index (χ3n) is 4.40. The molecule has 0 spiro atoms. The fraction of sp³-hybridized carbons (Fsp3) is 0.286. The molecule has 0 saturated heterocycles. The van der Waals surface area contributed by atoms with Crippen molar-refractivity contribution in [1.82, 2.24) is 19.7 Å². The summed E-state index contributed by atoms with van der Waals surface area (Å²) in [6.07, 6.45) is 3.38. The van der Waals surface area contributed by atoms with Crippen LogP contribution in [0.1, 0.15) is 24.7 Å². The molecule has 0 bridgehead atoms. The molecule has 28 heavy (non-hydrogen) atoms. The second-order valence-electron chi connectivity index (χ2n) is 6.10. The van der Waals surface area contributed by atoms with Gasteiger partial charge in [0.15, 0.2) is 10.9 Å². The van der Waals surface area contributed by atoms with Crippen LogP contribution in [0.2, 0.25) is 0 Å². The number of allylic oxidation sites excluding steroid dienone is 1. The fourth-order valence-electron chi connectivity index (χ4n) is 2.95. The Morgan fingerprint density at radius 2 is 1.96 bits per heavy atom. The lowest BCUT2D eigenvalue weighted by molar-refractivity contribution is -0.130. The first-order valence-corrected chi connectivity index (χ1v) is 10.2. The number of hydrogen-bond acceptors (Lipinski definition) is 5. The molecular formula is C21H24N4O2S. The number of furan rings is 1. The molecule has 2 aromatic heterocycles. The van der Waals surface area contributed by atoms with Crippen molar-refractivity contribution in [1.29, 1.82) is 0 Å². The van der Waals surface area contributed by atoms with E-state index in [1.165, 1.54) is 11.8 Å². The molecule has 1 unspecified atom stereocenters. The molecule has 0 aliphatic heterocycles. The van der Waals surface area contributed by atoms with Crippen molar-refractivity contribution >= 4 is 17.7 Å². The van der Waals surface area contributed by atoms with E-state index < -0.39 is 5.25 Å². The highest BCUT2D eigenvalue weighted by atomic mass is 32.2. The van der Waals surface area contributed by atoms with E-state index in [1.54, 1.807) is 12.3 Å². The average Bonchev–Trinajstić information content (AvgIpc) is 3.38. The van der Waals surface area contributed by atoms with Crippen LogP contribution in [0, 0.1) is 0 Å². The topological polar surface area (TPSA) is 64.2 Å². The average molecular weight is 397 g/mol. The van der Waals surface area contributed by atoms with Crippen LogP contribution in [0.3, 0.4) is 0 Å². The summed E-state index contributed by atoms with van der Waals surface area (Å²) in [5, 5.41) is 8.89. The maximum absolute atomic E-state index is 13.2. The number of aromatic nitrogens is 3. The Morgan fingerprint density at radius 1 is 1.21 bits per heavy atom. The highest BCUT2D eigenvalue weighted by molar-refractivity contribution is 8.00. The molecule has 0 aliphatic rings. The van der Waals surface area contributed by atoms with Crippen LogP contribution in [-0.4, -0.2) is 38.7 Å². The van der Waals surface area contributed by atoms with Crippen molar-refractivity contribution < 1.29 is 9.21 Å². The molecule has 0 aliphatic carbocycles. The maximum atomic E-state index is 13.2. The first kappa shape index (κ1) is 19.9. The lowest BCUT2D eigenvalue weighted by atomic mass is 10.1. The third kappa shape index (κ3) is 4.20. The Labute approximate surface area is 169 Å². The Kier molecular flexibility index (Phi) is 6.71. The second kappa shape index (κ2) is 9.41. The fourth-order valence-corrected chi connectivity index (χ4v) is 4.08.